The summed E-state index contributed by atoms with van der Waals surface area (Å²) in [7, 11) is 0. The number of fused-ring (bicyclic) bond motifs is 2. The molecule has 0 radical (unpaired) electrons. The maximum atomic E-state index is 12.9. The smallest absolute Gasteiger partial charge is 0.336 e. The lowest BCUT2D eigenvalue weighted by Gasteiger charge is -2.47. The van der Waals surface area contributed by atoms with E-state index >= 15 is 0 Å². The predicted octanol–water partition coefficient (Wildman–Crippen LogP) is 3.28. The van der Waals surface area contributed by atoms with Crippen molar-refractivity contribution >= 4 is 16.9 Å². The van der Waals surface area contributed by atoms with Gasteiger partial charge < -0.3 is 19.2 Å². The molecule has 0 spiro atoms. The van der Waals surface area contributed by atoms with E-state index in [0.717, 1.165) is 43.1 Å². The molecule has 2 heterocycles. The van der Waals surface area contributed by atoms with Crippen molar-refractivity contribution in [1.29, 1.82) is 0 Å². The lowest BCUT2D eigenvalue weighted by molar-refractivity contribution is -0.149. The van der Waals surface area contributed by atoms with Crippen LogP contribution in [0.4, 0.5) is 0 Å². The Balaban J connectivity index is 1.47. The first-order valence-corrected chi connectivity index (χ1v) is 10.6. The Morgan fingerprint density at radius 2 is 2.17 bits per heavy atom. The maximum Gasteiger partial charge on any atom is 0.336 e. The molecule has 156 valence electrons. The fraction of sp³-hybridized carbons (Fsp3) is 0.565. The number of carbonyl (C=O) groups excluding carboxylic acids is 1. The summed E-state index contributed by atoms with van der Waals surface area (Å²) >= 11 is 0. The van der Waals surface area contributed by atoms with Crippen LogP contribution in [0.3, 0.4) is 0 Å². The van der Waals surface area contributed by atoms with Gasteiger partial charge in [0.2, 0.25) is 0 Å². The highest BCUT2D eigenvalue weighted by molar-refractivity contribution is 5.83. The molecule has 3 unspecified atom stereocenters. The van der Waals surface area contributed by atoms with Gasteiger partial charge in [0.15, 0.2) is 6.10 Å². The van der Waals surface area contributed by atoms with Crippen LogP contribution < -0.4 is 10.4 Å². The molecule has 2 aromatic rings. The number of carbonyl (C=O) groups is 1. The van der Waals surface area contributed by atoms with Crippen LogP contribution in [0.5, 0.6) is 5.75 Å². The highest BCUT2D eigenvalue weighted by Gasteiger charge is 2.44. The molecular weight excluding hydrogens is 370 g/mol. The number of piperidine rings is 1. The third-order valence-electron chi connectivity index (χ3n) is 6.58. The van der Waals surface area contributed by atoms with E-state index in [0.29, 0.717) is 30.8 Å². The molecule has 1 aliphatic carbocycles. The van der Waals surface area contributed by atoms with Gasteiger partial charge in [-0.2, -0.15) is 0 Å². The Kier molecular flexibility index (Phi) is 5.38. The number of aliphatic hydroxyl groups is 1. The molecule has 1 amide bonds. The Morgan fingerprint density at radius 3 is 2.97 bits per heavy atom. The second kappa shape index (κ2) is 7.82. The molecule has 2 aliphatic rings. The van der Waals surface area contributed by atoms with Crippen molar-refractivity contribution in [2.45, 2.75) is 64.1 Å². The molecule has 29 heavy (non-hydrogen) atoms. The van der Waals surface area contributed by atoms with Crippen LogP contribution in [0.2, 0.25) is 0 Å². The van der Waals surface area contributed by atoms with Gasteiger partial charge in [0.25, 0.3) is 5.91 Å². The first kappa shape index (κ1) is 20.0. The fourth-order valence-corrected chi connectivity index (χ4v) is 4.86. The summed E-state index contributed by atoms with van der Waals surface area (Å²) in [5.74, 6) is 0.589. The highest BCUT2D eigenvalue weighted by Crippen LogP contribution is 2.40. The maximum absolute atomic E-state index is 12.9. The fourth-order valence-electron chi connectivity index (χ4n) is 4.86. The number of nitrogens with zero attached hydrogens (tertiary/aromatic N) is 1. The quantitative estimate of drug-likeness (QED) is 0.798. The zero-order chi connectivity index (χ0) is 20.6. The van der Waals surface area contributed by atoms with E-state index in [2.05, 4.69) is 0 Å². The Bertz CT molecular complexity index is 967. The molecule has 4 rings (SSSR count). The van der Waals surface area contributed by atoms with Crippen LogP contribution in [0.1, 0.15) is 51.5 Å². The molecule has 6 heteroatoms. The first-order valence-electron chi connectivity index (χ1n) is 10.6. The zero-order valence-corrected chi connectivity index (χ0v) is 17.1. The van der Waals surface area contributed by atoms with Crippen molar-refractivity contribution in [3.8, 4) is 5.75 Å². The van der Waals surface area contributed by atoms with Crippen molar-refractivity contribution in [3.05, 3.63) is 40.2 Å². The molecule has 6 nitrogen and oxygen atoms in total. The predicted molar refractivity (Wildman–Crippen MR) is 110 cm³/mol. The topological polar surface area (TPSA) is 80.0 Å². The van der Waals surface area contributed by atoms with Gasteiger partial charge in [0.1, 0.15) is 11.3 Å². The van der Waals surface area contributed by atoms with Crippen molar-refractivity contribution < 1.29 is 19.1 Å². The first-order chi connectivity index (χ1) is 13.9. The van der Waals surface area contributed by atoms with E-state index in [1.165, 1.54) is 6.07 Å². The number of ether oxygens (including phenoxy) is 1. The molecule has 1 aromatic heterocycles. The molecule has 1 aromatic carbocycles. The van der Waals surface area contributed by atoms with Crippen LogP contribution >= 0.6 is 0 Å². The number of benzene rings is 1. The molecular formula is C23H29NO5. The van der Waals surface area contributed by atoms with E-state index in [4.69, 9.17) is 9.15 Å². The van der Waals surface area contributed by atoms with Crippen LogP contribution in [0.25, 0.3) is 11.0 Å². The normalized spacial score (nSPS) is 25.5. The summed E-state index contributed by atoms with van der Waals surface area (Å²) in [6.07, 6.45) is 4.72. The Labute approximate surface area is 170 Å². The summed E-state index contributed by atoms with van der Waals surface area (Å²) in [4.78, 5) is 26.5. The lowest BCUT2D eigenvalue weighted by atomic mass is 9.71. The third kappa shape index (κ3) is 3.90. The van der Waals surface area contributed by atoms with Crippen molar-refractivity contribution in [2.24, 2.45) is 5.92 Å². The number of aryl methyl sites for hydroxylation is 1. The molecule has 1 N–H and O–H groups in total. The van der Waals surface area contributed by atoms with Crippen LogP contribution in [-0.4, -0.2) is 40.7 Å². The number of rotatable bonds is 4. The molecule has 1 saturated heterocycles. The standard InChI is InChI=1S/C23H29NO5/c1-3-16-12-21(25)29-20-13-18(7-8-19(16)20)28-15(2)22(26)24-11-10-23(27)9-5-4-6-17(23)14-24/h7-8,12-13,15,17,27H,3-6,9-11,14H2,1-2H3. The largest absolute Gasteiger partial charge is 0.481 e. The second-order valence-electron chi connectivity index (χ2n) is 8.44. The van der Waals surface area contributed by atoms with E-state index in [9.17, 15) is 14.7 Å². The Hall–Kier alpha value is -2.34. The molecule has 3 atom stereocenters. The SMILES string of the molecule is CCc1cc(=O)oc2cc(OC(C)C(=O)N3CCC4(O)CCCCC4C3)ccc12. The third-order valence-corrected chi connectivity index (χ3v) is 6.58. The van der Waals surface area contributed by atoms with Gasteiger partial charge in [-0.1, -0.05) is 19.8 Å². The van der Waals surface area contributed by atoms with Gasteiger partial charge in [-0.25, -0.2) is 4.79 Å². The molecule has 2 fully saturated rings. The van der Waals surface area contributed by atoms with E-state index in [-0.39, 0.29) is 17.5 Å². The van der Waals surface area contributed by atoms with E-state index < -0.39 is 11.7 Å². The zero-order valence-electron chi connectivity index (χ0n) is 17.1. The molecule has 0 bridgehead atoms. The van der Waals surface area contributed by atoms with E-state index in [1.807, 2.05) is 17.9 Å². The second-order valence-corrected chi connectivity index (χ2v) is 8.44. The average Bonchev–Trinajstić information content (AvgIpc) is 2.71. The minimum atomic E-state index is -0.650. The van der Waals surface area contributed by atoms with Crippen molar-refractivity contribution in [2.75, 3.05) is 13.1 Å². The van der Waals surface area contributed by atoms with Gasteiger partial charge in [-0.05, 0) is 50.3 Å². The number of amides is 1. The molecule has 1 saturated carbocycles. The summed E-state index contributed by atoms with van der Waals surface area (Å²) in [6, 6.07) is 6.86. The monoisotopic (exact) mass is 399 g/mol. The van der Waals surface area contributed by atoms with Crippen LogP contribution in [-0.2, 0) is 11.2 Å². The Morgan fingerprint density at radius 1 is 1.34 bits per heavy atom. The van der Waals surface area contributed by atoms with Crippen molar-refractivity contribution in [1.82, 2.24) is 4.90 Å². The summed E-state index contributed by atoms with van der Waals surface area (Å²) in [5.41, 5.74) is 0.410. The summed E-state index contributed by atoms with van der Waals surface area (Å²) in [5, 5.41) is 11.7. The number of hydrogen-bond acceptors (Lipinski definition) is 5. The van der Waals surface area contributed by atoms with Gasteiger partial charge >= 0.3 is 5.63 Å². The molecule has 1 aliphatic heterocycles. The van der Waals surface area contributed by atoms with Crippen LogP contribution in [0.15, 0.2) is 33.5 Å². The van der Waals surface area contributed by atoms with Gasteiger partial charge in [-0.15, -0.1) is 0 Å². The highest BCUT2D eigenvalue weighted by atomic mass is 16.5. The summed E-state index contributed by atoms with van der Waals surface area (Å²) in [6.45, 7) is 4.89. The average molecular weight is 399 g/mol. The number of hydrogen-bond donors (Lipinski definition) is 1. The minimum absolute atomic E-state index is 0.0681. The minimum Gasteiger partial charge on any atom is -0.481 e. The van der Waals surface area contributed by atoms with Crippen molar-refractivity contribution in [3.63, 3.8) is 0 Å². The van der Waals surface area contributed by atoms with Gasteiger partial charge in [-0.3, -0.25) is 4.79 Å². The van der Waals surface area contributed by atoms with E-state index in [1.54, 1.807) is 19.1 Å². The lowest BCUT2D eigenvalue weighted by Crippen LogP contribution is -2.56. The summed E-state index contributed by atoms with van der Waals surface area (Å²) < 4.78 is 11.2. The van der Waals surface area contributed by atoms with Gasteiger partial charge in [0.05, 0.1) is 5.60 Å². The number of likely N-dealkylation sites (tertiary alicyclic amines) is 1. The van der Waals surface area contributed by atoms with Crippen LogP contribution in [0, 0.1) is 5.92 Å². The van der Waals surface area contributed by atoms with Gasteiger partial charge in [0, 0.05) is 36.5 Å².